The summed E-state index contributed by atoms with van der Waals surface area (Å²) < 4.78 is 1.14. The zero-order chi connectivity index (χ0) is 12.5. The van der Waals surface area contributed by atoms with Crippen LogP contribution in [0.25, 0.3) is 10.2 Å². The van der Waals surface area contributed by atoms with Gasteiger partial charge in [-0.15, -0.1) is 0 Å². The Labute approximate surface area is 116 Å². The molecule has 1 aromatic carbocycles. The number of aromatic nitrogens is 1. The molecule has 0 saturated heterocycles. The Morgan fingerprint density at radius 2 is 2.33 bits per heavy atom. The van der Waals surface area contributed by atoms with Gasteiger partial charge in [-0.05, 0) is 38.1 Å². The molecule has 3 rings (SSSR count). The van der Waals surface area contributed by atoms with Crippen molar-refractivity contribution in [1.82, 2.24) is 9.88 Å². The number of halogens is 1. The molecule has 3 nitrogen and oxygen atoms in total. The van der Waals surface area contributed by atoms with Crippen LogP contribution in [0.5, 0.6) is 0 Å². The normalized spacial score (nSPS) is 15.5. The van der Waals surface area contributed by atoms with Gasteiger partial charge in [0.1, 0.15) is 0 Å². The number of hydrogen-bond donors (Lipinski definition) is 1. The van der Waals surface area contributed by atoms with Crippen molar-refractivity contribution >= 4 is 38.3 Å². The average molecular weight is 282 g/mol. The van der Waals surface area contributed by atoms with Gasteiger partial charge in [0.05, 0.1) is 10.2 Å². The van der Waals surface area contributed by atoms with Crippen LogP contribution in [0.1, 0.15) is 12.8 Å². The van der Waals surface area contributed by atoms with Crippen molar-refractivity contribution in [2.45, 2.75) is 18.9 Å². The van der Waals surface area contributed by atoms with E-state index in [9.17, 15) is 0 Å². The third-order valence-corrected chi connectivity index (χ3v) is 4.47. The van der Waals surface area contributed by atoms with E-state index in [2.05, 4.69) is 22.2 Å². The fraction of sp³-hybridized carbons (Fsp3) is 0.462. The highest BCUT2D eigenvalue weighted by Crippen LogP contribution is 2.28. The Kier molecular flexibility index (Phi) is 3.41. The summed E-state index contributed by atoms with van der Waals surface area (Å²) in [6.45, 7) is 2.02. The van der Waals surface area contributed by atoms with E-state index in [4.69, 9.17) is 11.6 Å². The Bertz CT molecular complexity index is 550. The van der Waals surface area contributed by atoms with Crippen LogP contribution in [0.15, 0.2) is 18.2 Å². The molecule has 1 saturated carbocycles. The third kappa shape index (κ3) is 2.76. The van der Waals surface area contributed by atoms with Crippen molar-refractivity contribution in [3.8, 4) is 0 Å². The van der Waals surface area contributed by atoms with Gasteiger partial charge >= 0.3 is 0 Å². The van der Waals surface area contributed by atoms with Gasteiger partial charge in [0.15, 0.2) is 5.13 Å². The summed E-state index contributed by atoms with van der Waals surface area (Å²) >= 11 is 7.63. The molecule has 5 heteroatoms. The molecule has 18 heavy (non-hydrogen) atoms. The predicted octanol–water partition coefficient (Wildman–Crippen LogP) is 3.46. The third-order valence-electron chi connectivity index (χ3n) is 3.26. The van der Waals surface area contributed by atoms with E-state index in [0.29, 0.717) is 0 Å². The van der Waals surface area contributed by atoms with Crippen molar-refractivity contribution in [3.05, 3.63) is 23.2 Å². The second-order valence-corrected chi connectivity index (χ2v) is 6.24. The van der Waals surface area contributed by atoms with Crippen molar-refractivity contribution in [1.29, 1.82) is 0 Å². The van der Waals surface area contributed by atoms with Crippen molar-refractivity contribution < 1.29 is 0 Å². The molecule has 0 amide bonds. The lowest BCUT2D eigenvalue weighted by Crippen LogP contribution is -2.26. The monoisotopic (exact) mass is 281 g/mol. The minimum atomic E-state index is 0.770. The van der Waals surface area contributed by atoms with Gasteiger partial charge < -0.3 is 10.2 Å². The van der Waals surface area contributed by atoms with Crippen LogP contribution in [0.3, 0.4) is 0 Å². The summed E-state index contributed by atoms with van der Waals surface area (Å²) in [5.74, 6) is 0. The molecule has 0 radical (unpaired) electrons. The fourth-order valence-corrected chi connectivity index (χ4v) is 3.18. The predicted molar refractivity (Wildman–Crippen MR) is 78.8 cm³/mol. The highest BCUT2D eigenvalue weighted by Gasteiger charge is 2.25. The van der Waals surface area contributed by atoms with Gasteiger partial charge in [-0.3, -0.25) is 0 Å². The SMILES string of the molecule is CN(CCNc1nc2ccc(Cl)cc2s1)C1CC1. The summed E-state index contributed by atoms with van der Waals surface area (Å²) in [4.78, 5) is 6.96. The molecule has 0 aliphatic heterocycles. The van der Waals surface area contributed by atoms with E-state index < -0.39 is 0 Å². The molecule has 0 unspecified atom stereocenters. The highest BCUT2D eigenvalue weighted by molar-refractivity contribution is 7.22. The molecule has 2 aromatic rings. The maximum Gasteiger partial charge on any atom is 0.183 e. The summed E-state index contributed by atoms with van der Waals surface area (Å²) in [7, 11) is 2.19. The fourth-order valence-electron chi connectivity index (χ4n) is 2.01. The molecule has 0 bridgehead atoms. The van der Waals surface area contributed by atoms with E-state index in [1.54, 1.807) is 11.3 Å². The number of rotatable bonds is 5. The lowest BCUT2D eigenvalue weighted by molar-refractivity contribution is 0.337. The minimum absolute atomic E-state index is 0.770. The van der Waals surface area contributed by atoms with Crippen LogP contribution < -0.4 is 5.32 Å². The van der Waals surface area contributed by atoms with Gasteiger partial charge in [-0.25, -0.2) is 4.98 Å². The van der Waals surface area contributed by atoms with Crippen LogP contribution in [0.2, 0.25) is 5.02 Å². The minimum Gasteiger partial charge on any atom is -0.360 e. The Hall–Kier alpha value is -0.840. The van der Waals surface area contributed by atoms with Gasteiger partial charge in [-0.2, -0.15) is 0 Å². The molecular weight excluding hydrogens is 266 g/mol. The van der Waals surface area contributed by atoms with Crippen molar-refractivity contribution in [2.75, 3.05) is 25.5 Å². The summed E-state index contributed by atoms with van der Waals surface area (Å²) in [6.07, 6.45) is 2.71. The quantitative estimate of drug-likeness (QED) is 0.910. The Morgan fingerprint density at radius 1 is 1.50 bits per heavy atom. The Balaban J connectivity index is 1.60. The number of anilines is 1. The van der Waals surface area contributed by atoms with Crippen LogP contribution >= 0.6 is 22.9 Å². The molecular formula is C13H16ClN3S. The van der Waals surface area contributed by atoms with E-state index in [1.165, 1.54) is 12.8 Å². The largest absolute Gasteiger partial charge is 0.360 e. The maximum atomic E-state index is 5.97. The lowest BCUT2D eigenvalue weighted by Gasteiger charge is -2.15. The number of likely N-dealkylation sites (N-methyl/N-ethyl adjacent to an activating group) is 1. The number of nitrogens with one attached hydrogen (secondary N) is 1. The van der Waals surface area contributed by atoms with Crippen LogP contribution in [-0.4, -0.2) is 36.1 Å². The smallest absolute Gasteiger partial charge is 0.183 e. The maximum absolute atomic E-state index is 5.97. The second kappa shape index (κ2) is 5.03. The molecule has 96 valence electrons. The molecule has 1 fully saturated rings. The molecule has 0 spiro atoms. The lowest BCUT2D eigenvalue weighted by atomic mass is 10.3. The molecule has 1 aliphatic carbocycles. The second-order valence-electron chi connectivity index (χ2n) is 4.77. The van der Waals surface area contributed by atoms with E-state index in [0.717, 1.165) is 39.5 Å². The molecule has 1 N–H and O–H groups in total. The topological polar surface area (TPSA) is 28.2 Å². The average Bonchev–Trinajstić information content (AvgIpc) is 3.11. The van der Waals surface area contributed by atoms with Gasteiger partial charge in [-0.1, -0.05) is 22.9 Å². The van der Waals surface area contributed by atoms with Gasteiger partial charge in [0.25, 0.3) is 0 Å². The molecule has 1 aliphatic rings. The van der Waals surface area contributed by atoms with Crippen LogP contribution in [-0.2, 0) is 0 Å². The van der Waals surface area contributed by atoms with E-state index in [1.807, 2.05) is 18.2 Å². The summed E-state index contributed by atoms with van der Waals surface area (Å²) in [6, 6.07) is 6.64. The first-order valence-corrected chi connectivity index (χ1v) is 7.42. The number of nitrogens with zero attached hydrogens (tertiary/aromatic N) is 2. The number of fused-ring (bicyclic) bond motifs is 1. The van der Waals surface area contributed by atoms with E-state index in [-0.39, 0.29) is 0 Å². The highest BCUT2D eigenvalue weighted by atomic mass is 35.5. The first-order chi connectivity index (χ1) is 8.72. The number of thiazole rings is 1. The molecule has 0 atom stereocenters. The van der Waals surface area contributed by atoms with Gasteiger partial charge in [0.2, 0.25) is 0 Å². The standard InChI is InChI=1S/C13H16ClN3S/c1-17(10-3-4-10)7-6-15-13-16-11-5-2-9(14)8-12(11)18-13/h2,5,8,10H,3-4,6-7H2,1H3,(H,15,16). The van der Waals surface area contributed by atoms with Crippen molar-refractivity contribution in [2.24, 2.45) is 0 Å². The van der Waals surface area contributed by atoms with Crippen LogP contribution in [0, 0.1) is 0 Å². The summed E-state index contributed by atoms with van der Waals surface area (Å²) in [5, 5.41) is 5.14. The zero-order valence-electron chi connectivity index (χ0n) is 10.3. The van der Waals surface area contributed by atoms with Gasteiger partial charge in [0, 0.05) is 24.2 Å². The Morgan fingerprint density at radius 3 is 3.11 bits per heavy atom. The zero-order valence-corrected chi connectivity index (χ0v) is 11.9. The number of hydrogen-bond acceptors (Lipinski definition) is 4. The van der Waals surface area contributed by atoms with Crippen molar-refractivity contribution in [3.63, 3.8) is 0 Å². The first-order valence-electron chi connectivity index (χ1n) is 6.22. The molecule has 1 heterocycles. The van der Waals surface area contributed by atoms with Crippen LogP contribution in [0.4, 0.5) is 5.13 Å². The molecule has 1 aromatic heterocycles. The summed E-state index contributed by atoms with van der Waals surface area (Å²) in [5.41, 5.74) is 1.02. The first kappa shape index (κ1) is 12.2. The van der Waals surface area contributed by atoms with E-state index >= 15 is 0 Å². The number of benzene rings is 1.